The van der Waals surface area contributed by atoms with Gasteiger partial charge in [0.1, 0.15) is 5.75 Å². The number of rotatable bonds is 4. The standard InChI is InChI=1S/C11H15ClN2O2/c1-14(2)11(15)7-16-10-4-3-9(12)5-8(10)6-13/h3-5H,6-7,13H2,1-2H3. The summed E-state index contributed by atoms with van der Waals surface area (Å²) in [5.74, 6) is 0.500. The van der Waals surface area contributed by atoms with Crippen molar-refractivity contribution in [2.24, 2.45) is 5.73 Å². The van der Waals surface area contributed by atoms with Crippen LogP contribution in [0.2, 0.25) is 5.02 Å². The topological polar surface area (TPSA) is 55.6 Å². The summed E-state index contributed by atoms with van der Waals surface area (Å²) in [6.45, 7) is 0.327. The van der Waals surface area contributed by atoms with Crippen molar-refractivity contribution >= 4 is 17.5 Å². The Hall–Kier alpha value is -1.26. The fraction of sp³-hybridized carbons (Fsp3) is 0.364. The van der Waals surface area contributed by atoms with Crippen LogP contribution < -0.4 is 10.5 Å². The fourth-order valence-electron chi connectivity index (χ4n) is 1.12. The number of ether oxygens (including phenoxy) is 1. The van der Waals surface area contributed by atoms with E-state index in [0.717, 1.165) is 5.56 Å². The van der Waals surface area contributed by atoms with Crippen molar-refractivity contribution in [3.8, 4) is 5.75 Å². The number of benzene rings is 1. The normalized spacial score (nSPS) is 10.0. The number of hydrogen-bond acceptors (Lipinski definition) is 3. The van der Waals surface area contributed by atoms with E-state index in [2.05, 4.69) is 0 Å². The van der Waals surface area contributed by atoms with E-state index in [9.17, 15) is 4.79 Å². The van der Waals surface area contributed by atoms with Gasteiger partial charge in [-0.05, 0) is 18.2 Å². The van der Waals surface area contributed by atoms with Crippen molar-refractivity contribution in [3.63, 3.8) is 0 Å². The molecule has 88 valence electrons. The van der Waals surface area contributed by atoms with Crippen LogP contribution in [-0.2, 0) is 11.3 Å². The second-order valence-electron chi connectivity index (χ2n) is 3.53. The summed E-state index contributed by atoms with van der Waals surface area (Å²) in [7, 11) is 3.36. The summed E-state index contributed by atoms with van der Waals surface area (Å²) in [5, 5.41) is 0.603. The number of nitrogens with zero attached hydrogens (tertiary/aromatic N) is 1. The predicted octanol–water partition coefficient (Wildman–Crippen LogP) is 1.27. The molecule has 5 heteroatoms. The Balaban J connectivity index is 2.70. The van der Waals surface area contributed by atoms with E-state index in [0.29, 0.717) is 17.3 Å². The molecule has 1 amide bonds. The van der Waals surface area contributed by atoms with Crippen LogP contribution in [0, 0.1) is 0 Å². The Morgan fingerprint density at radius 1 is 1.50 bits per heavy atom. The van der Waals surface area contributed by atoms with E-state index in [1.54, 1.807) is 32.3 Å². The van der Waals surface area contributed by atoms with Crippen LogP contribution in [0.1, 0.15) is 5.56 Å². The van der Waals surface area contributed by atoms with Gasteiger partial charge in [0.25, 0.3) is 5.91 Å². The third kappa shape index (κ3) is 3.40. The number of carbonyl (C=O) groups excluding carboxylic acids is 1. The molecule has 1 aromatic carbocycles. The highest BCUT2D eigenvalue weighted by atomic mass is 35.5. The van der Waals surface area contributed by atoms with Crippen molar-refractivity contribution in [3.05, 3.63) is 28.8 Å². The van der Waals surface area contributed by atoms with Gasteiger partial charge < -0.3 is 15.4 Å². The van der Waals surface area contributed by atoms with Crippen LogP contribution in [0.4, 0.5) is 0 Å². The Bertz CT molecular complexity index is 380. The molecule has 0 fully saturated rings. The van der Waals surface area contributed by atoms with Gasteiger partial charge in [-0.15, -0.1) is 0 Å². The largest absolute Gasteiger partial charge is 0.483 e. The second-order valence-corrected chi connectivity index (χ2v) is 3.97. The Kier molecular flexibility index (Phi) is 4.58. The average molecular weight is 243 g/mol. The van der Waals surface area contributed by atoms with E-state index in [-0.39, 0.29) is 12.5 Å². The minimum atomic E-state index is -0.0991. The van der Waals surface area contributed by atoms with Gasteiger partial charge in [-0.1, -0.05) is 11.6 Å². The first-order valence-electron chi connectivity index (χ1n) is 4.86. The third-order valence-electron chi connectivity index (χ3n) is 2.09. The first-order chi connectivity index (χ1) is 7.54. The van der Waals surface area contributed by atoms with Crippen molar-refractivity contribution in [2.45, 2.75) is 6.54 Å². The molecule has 0 aromatic heterocycles. The molecule has 0 radical (unpaired) electrons. The van der Waals surface area contributed by atoms with Crippen molar-refractivity contribution < 1.29 is 9.53 Å². The molecule has 0 aliphatic rings. The minimum absolute atomic E-state index is 0.00162. The summed E-state index contributed by atoms with van der Waals surface area (Å²) in [6, 6.07) is 5.15. The molecule has 0 aliphatic heterocycles. The molecule has 16 heavy (non-hydrogen) atoms. The molecular weight excluding hydrogens is 228 g/mol. The molecule has 0 saturated carbocycles. The maximum atomic E-state index is 11.3. The van der Waals surface area contributed by atoms with Crippen LogP contribution in [0.15, 0.2) is 18.2 Å². The van der Waals surface area contributed by atoms with Gasteiger partial charge >= 0.3 is 0 Å². The molecular formula is C11H15ClN2O2. The van der Waals surface area contributed by atoms with Gasteiger partial charge in [-0.2, -0.15) is 0 Å². The van der Waals surface area contributed by atoms with Crippen LogP contribution >= 0.6 is 11.6 Å². The maximum Gasteiger partial charge on any atom is 0.259 e. The molecule has 0 aliphatic carbocycles. The quantitative estimate of drug-likeness (QED) is 0.865. The molecule has 4 nitrogen and oxygen atoms in total. The zero-order chi connectivity index (χ0) is 12.1. The lowest BCUT2D eigenvalue weighted by atomic mass is 10.2. The SMILES string of the molecule is CN(C)C(=O)COc1ccc(Cl)cc1CN. The lowest BCUT2D eigenvalue weighted by Gasteiger charge is -2.13. The molecule has 1 rings (SSSR count). The van der Waals surface area contributed by atoms with Gasteiger partial charge in [-0.3, -0.25) is 4.79 Å². The zero-order valence-corrected chi connectivity index (χ0v) is 10.1. The first kappa shape index (κ1) is 12.8. The van der Waals surface area contributed by atoms with Crippen LogP contribution in [0.5, 0.6) is 5.75 Å². The van der Waals surface area contributed by atoms with Gasteiger partial charge in [0.05, 0.1) is 0 Å². The molecule has 2 N–H and O–H groups in total. The first-order valence-corrected chi connectivity index (χ1v) is 5.24. The molecule has 1 aromatic rings. The molecule has 0 atom stereocenters. The fourth-order valence-corrected chi connectivity index (χ4v) is 1.31. The van der Waals surface area contributed by atoms with Crippen LogP contribution in [-0.4, -0.2) is 31.5 Å². The van der Waals surface area contributed by atoms with Crippen LogP contribution in [0.3, 0.4) is 0 Å². The summed E-state index contributed by atoms with van der Waals surface area (Å²) in [4.78, 5) is 12.8. The molecule has 0 unspecified atom stereocenters. The van der Waals surface area contributed by atoms with Crippen molar-refractivity contribution in [1.29, 1.82) is 0 Å². The second kappa shape index (κ2) is 5.72. The van der Waals surface area contributed by atoms with E-state index in [1.165, 1.54) is 4.90 Å². The number of likely N-dealkylation sites (N-methyl/N-ethyl adjacent to an activating group) is 1. The van der Waals surface area contributed by atoms with Crippen LogP contribution in [0.25, 0.3) is 0 Å². The highest BCUT2D eigenvalue weighted by molar-refractivity contribution is 6.30. The number of halogens is 1. The Morgan fingerprint density at radius 2 is 2.19 bits per heavy atom. The summed E-state index contributed by atoms with van der Waals surface area (Å²) in [5.41, 5.74) is 6.34. The van der Waals surface area contributed by atoms with Gasteiger partial charge in [0.15, 0.2) is 6.61 Å². The molecule has 0 heterocycles. The van der Waals surface area contributed by atoms with Crippen molar-refractivity contribution in [1.82, 2.24) is 4.90 Å². The third-order valence-corrected chi connectivity index (χ3v) is 2.33. The predicted molar refractivity (Wildman–Crippen MR) is 63.5 cm³/mol. The molecule has 0 spiro atoms. The highest BCUT2D eigenvalue weighted by Gasteiger charge is 2.08. The summed E-state index contributed by atoms with van der Waals surface area (Å²) >= 11 is 5.82. The molecule has 0 saturated heterocycles. The number of amides is 1. The Morgan fingerprint density at radius 3 is 2.75 bits per heavy atom. The number of hydrogen-bond donors (Lipinski definition) is 1. The van der Waals surface area contributed by atoms with E-state index >= 15 is 0 Å². The maximum absolute atomic E-state index is 11.3. The smallest absolute Gasteiger partial charge is 0.259 e. The van der Waals surface area contributed by atoms with E-state index < -0.39 is 0 Å². The van der Waals surface area contributed by atoms with Gasteiger partial charge in [-0.25, -0.2) is 0 Å². The Labute approximate surface area is 99.9 Å². The zero-order valence-electron chi connectivity index (χ0n) is 9.37. The monoisotopic (exact) mass is 242 g/mol. The molecule has 0 bridgehead atoms. The lowest BCUT2D eigenvalue weighted by molar-refractivity contribution is -0.130. The minimum Gasteiger partial charge on any atom is -0.483 e. The summed E-state index contributed by atoms with van der Waals surface area (Å²) in [6.07, 6.45) is 0. The van der Waals surface area contributed by atoms with Crippen molar-refractivity contribution in [2.75, 3.05) is 20.7 Å². The lowest BCUT2D eigenvalue weighted by Crippen LogP contribution is -2.27. The summed E-state index contributed by atoms with van der Waals surface area (Å²) < 4.78 is 5.38. The van der Waals surface area contributed by atoms with E-state index in [4.69, 9.17) is 22.1 Å². The number of nitrogens with two attached hydrogens (primary N) is 1. The number of carbonyl (C=O) groups is 1. The van der Waals surface area contributed by atoms with Gasteiger partial charge in [0, 0.05) is 31.2 Å². The highest BCUT2D eigenvalue weighted by Crippen LogP contribution is 2.22. The van der Waals surface area contributed by atoms with E-state index in [1.807, 2.05) is 0 Å². The average Bonchev–Trinajstić information content (AvgIpc) is 2.26. The van der Waals surface area contributed by atoms with Gasteiger partial charge in [0.2, 0.25) is 0 Å².